The minimum absolute atomic E-state index is 0.328. The number of hydrazone groups is 2. The minimum Gasteiger partial charge on any atom is -0.266 e. The quantitative estimate of drug-likeness (QED) is 0.0623. The normalized spacial score (nSPS) is 18.4. The molecule has 2 unspecified atom stereocenters. The van der Waals surface area contributed by atoms with Crippen molar-refractivity contribution in [2.24, 2.45) is 10.2 Å². The van der Waals surface area contributed by atoms with Gasteiger partial charge in [-0.2, -0.15) is 19.4 Å². The minimum atomic E-state index is -0.328. The number of rotatable bonds is 14. The summed E-state index contributed by atoms with van der Waals surface area (Å²) in [5.74, 6) is 0. The van der Waals surface area contributed by atoms with E-state index in [1.807, 2.05) is 0 Å². The van der Waals surface area contributed by atoms with E-state index in [2.05, 4.69) is 231 Å². The van der Waals surface area contributed by atoms with E-state index in [1.54, 1.807) is 0 Å². The van der Waals surface area contributed by atoms with Crippen LogP contribution in [0.2, 0.25) is 0 Å². The highest BCUT2D eigenvalue weighted by Gasteiger charge is 2.51. The molecular weight excluding hydrogens is 757 g/mol. The van der Waals surface area contributed by atoms with Crippen molar-refractivity contribution in [1.29, 1.82) is 0 Å². The molecule has 0 saturated heterocycles. The molecule has 2 aliphatic rings. The van der Waals surface area contributed by atoms with Gasteiger partial charge in [0.25, 0.3) is 0 Å². The van der Waals surface area contributed by atoms with Crippen LogP contribution >= 0.6 is 0 Å². The van der Waals surface area contributed by atoms with E-state index in [0.717, 1.165) is 50.4 Å². The summed E-state index contributed by atoms with van der Waals surface area (Å²) in [6.45, 7) is 16.9. The van der Waals surface area contributed by atoms with Gasteiger partial charge in [0, 0.05) is 36.3 Å². The Labute approximate surface area is 367 Å². The lowest BCUT2D eigenvalue weighted by atomic mass is 9.72. The summed E-state index contributed by atoms with van der Waals surface area (Å²) in [5.41, 5.74) is 11.9. The molecule has 0 amide bonds. The summed E-state index contributed by atoms with van der Waals surface area (Å²) >= 11 is 0. The Hall–Kier alpha value is -6.66. The zero-order valence-electron chi connectivity index (χ0n) is 37.1. The van der Waals surface area contributed by atoms with Gasteiger partial charge in [0.1, 0.15) is 25.5 Å². The maximum atomic E-state index is 5.19. The van der Waals surface area contributed by atoms with Crippen LogP contribution in [0, 0.1) is 0 Å². The molecule has 2 atom stereocenters. The first-order valence-electron chi connectivity index (χ1n) is 22.5. The van der Waals surface area contributed by atoms with Gasteiger partial charge in [-0.15, -0.1) is 0 Å². The Morgan fingerprint density at radius 2 is 0.823 bits per heavy atom. The van der Waals surface area contributed by atoms with Crippen LogP contribution in [0.1, 0.15) is 63.8 Å². The number of hydrogen-bond donors (Lipinski definition) is 0. The molecule has 0 radical (unpaired) electrons. The average molecular weight is 815 g/mol. The molecule has 0 aliphatic carbocycles. The van der Waals surface area contributed by atoms with Crippen molar-refractivity contribution in [2.45, 2.75) is 65.2 Å². The number of para-hydroxylation sites is 2. The molecule has 6 heteroatoms. The van der Waals surface area contributed by atoms with Gasteiger partial charge in [0.2, 0.25) is 22.8 Å². The van der Waals surface area contributed by atoms with E-state index in [0.29, 0.717) is 0 Å². The Morgan fingerprint density at radius 3 is 1.19 bits per heavy atom. The number of benzene rings is 7. The summed E-state index contributed by atoms with van der Waals surface area (Å²) < 4.78 is 4.97. The lowest BCUT2D eigenvalue weighted by Gasteiger charge is -2.26. The summed E-state index contributed by atoms with van der Waals surface area (Å²) in [4.78, 5) is 0. The van der Waals surface area contributed by atoms with E-state index in [9.17, 15) is 0 Å². The zero-order chi connectivity index (χ0) is 42.8. The highest BCUT2D eigenvalue weighted by atomic mass is 15.5. The van der Waals surface area contributed by atoms with Gasteiger partial charge in [-0.3, -0.25) is 10.0 Å². The molecule has 2 heterocycles. The Kier molecular flexibility index (Phi) is 11.2. The molecule has 0 spiro atoms. The van der Waals surface area contributed by atoms with Gasteiger partial charge in [-0.05, 0) is 123 Å². The second-order valence-corrected chi connectivity index (χ2v) is 17.0. The lowest BCUT2D eigenvalue weighted by Crippen LogP contribution is -2.37. The predicted octanol–water partition coefficient (Wildman–Crippen LogP) is 12.3. The molecule has 7 aromatic rings. The Bertz CT molecular complexity index is 2680. The number of anilines is 2. The molecular formula is C56H58N6+2. The third kappa shape index (κ3) is 7.11. The van der Waals surface area contributed by atoms with Crippen molar-refractivity contribution in [1.82, 2.24) is 0 Å². The average Bonchev–Trinajstić information content (AvgIpc) is 3.71. The number of fused-ring (bicyclic) bond motifs is 6. The molecule has 0 aromatic heterocycles. The van der Waals surface area contributed by atoms with Crippen LogP contribution < -0.4 is 10.0 Å². The molecule has 7 aromatic carbocycles. The highest BCUT2D eigenvalue weighted by Crippen LogP contribution is 2.47. The molecule has 0 bridgehead atoms. The fourth-order valence-corrected chi connectivity index (χ4v) is 10.4. The van der Waals surface area contributed by atoms with Gasteiger partial charge in [0.05, 0.1) is 22.2 Å². The van der Waals surface area contributed by atoms with Gasteiger partial charge >= 0.3 is 0 Å². The smallest absolute Gasteiger partial charge is 0.213 e. The third-order valence-electron chi connectivity index (χ3n) is 13.3. The second kappa shape index (κ2) is 17.0. The van der Waals surface area contributed by atoms with Crippen LogP contribution in [-0.4, -0.2) is 59.2 Å². The zero-order valence-corrected chi connectivity index (χ0v) is 37.1. The molecule has 0 fully saturated rings. The maximum Gasteiger partial charge on any atom is 0.213 e. The first-order chi connectivity index (χ1) is 30.3. The first kappa shape index (κ1) is 40.7. The van der Waals surface area contributed by atoms with Crippen molar-refractivity contribution >= 4 is 68.1 Å². The highest BCUT2D eigenvalue weighted by molar-refractivity contribution is 6.35. The molecule has 6 nitrogen and oxygen atoms in total. The number of nitrogens with zero attached hydrogens (tertiary/aromatic N) is 6. The molecule has 0 N–H and O–H groups in total. The third-order valence-corrected chi connectivity index (χ3v) is 13.3. The summed E-state index contributed by atoms with van der Waals surface area (Å²) in [7, 11) is 0. The lowest BCUT2D eigenvalue weighted by molar-refractivity contribution is -0.432. The van der Waals surface area contributed by atoms with Crippen LogP contribution in [0.25, 0.3) is 21.5 Å². The van der Waals surface area contributed by atoms with Crippen LogP contribution in [-0.2, 0) is 23.7 Å². The predicted molar refractivity (Wildman–Crippen MR) is 263 cm³/mol. The Morgan fingerprint density at radius 1 is 0.452 bits per heavy atom. The van der Waals surface area contributed by atoms with Crippen molar-refractivity contribution in [2.75, 3.05) is 36.2 Å². The monoisotopic (exact) mass is 814 g/mol. The van der Waals surface area contributed by atoms with Gasteiger partial charge in [0.15, 0.2) is 0 Å². The molecule has 0 saturated carbocycles. The van der Waals surface area contributed by atoms with Gasteiger partial charge in [-0.25, -0.2) is 0 Å². The summed E-state index contributed by atoms with van der Waals surface area (Å²) in [5, 5.41) is 19.7. The van der Waals surface area contributed by atoms with Crippen molar-refractivity contribution in [3.63, 3.8) is 0 Å². The largest absolute Gasteiger partial charge is 0.266 e. The fourth-order valence-electron chi connectivity index (χ4n) is 10.4. The maximum absolute atomic E-state index is 5.19. The fraction of sp³-hybridized carbons (Fsp3) is 0.250. The second-order valence-electron chi connectivity index (χ2n) is 17.0. The molecule has 2 aliphatic heterocycles. The van der Waals surface area contributed by atoms with E-state index in [-0.39, 0.29) is 10.8 Å². The van der Waals surface area contributed by atoms with E-state index in [1.165, 1.54) is 66.6 Å². The van der Waals surface area contributed by atoms with Crippen LogP contribution in [0.4, 0.5) is 22.7 Å². The Balaban J connectivity index is 1.10. The van der Waals surface area contributed by atoms with Crippen LogP contribution in [0.3, 0.4) is 0 Å². The molecule has 310 valence electrons. The standard InChI is InChI=1S/C56H58N6/c1-7-59-49-35-33-43-21-17-19-27-47(43)53(49)55(5,51(59)39-57-61(9-3)45-23-13-11-14-24-45)37-41-29-31-42(32-30-41)38-56(6)52(40-58-62(10-4)46-25-15-12-16-26-46)60(8-2)50-36-34-44-22-18-20-28-48(44)54(50)56/h11-36,39-40H,7-10,37-38H2,1-6H3/q+2. The topological polar surface area (TPSA) is 37.2 Å². The SMILES string of the molecule is CCN(N=CC1=[N+](CC)c2ccc3ccccc3c2C1(C)Cc1ccc(CC2(C)C(C=NN(CC)c3ccccc3)=[N+](CC)c3ccc4ccccc4c32)cc1)c1ccccc1. The van der Waals surface area contributed by atoms with E-state index < -0.39 is 0 Å². The van der Waals surface area contributed by atoms with Crippen molar-refractivity contribution < 1.29 is 9.15 Å². The van der Waals surface area contributed by atoms with E-state index >= 15 is 0 Å². The summed E-state index contributed by atoms with van der Waals surface area (Å²) in [6, 6.07) is 57.4. The first-order valence-corrected chi connectivity index (χ1v) is 22.5. The van der Waals surface area contributed by atoms with E-state index in [4.69, 9.17) is 10.2 Å². The number of hydrogen-bond acceptors (Lipinski definition) is 4. The van der Waals surface area contributed by atoms with Gasteiger partial charge in [-0.1, -0.05) is 109 Å². The van der Waals surface area contributed by atoms with Crippen molar-refractivity contribution in [3.05, 3.63) is 180 Å². The summed E-state index contributed by atoms with van der Waals surface area (Å²) in [6.07, 6.45) is 5.96. The molecule has 9 rings (SSSR count). The van der Waals surface area contributed by atoms with Crippen LogP contribution in [0.5, 0.6) is 0 Å². The van der Waals surface area contributed by atoms with Gasteiger partial charge < -0.3 is 0 Å². The van der Waals surface area contributed by atoms with Crippen molar-refractivity contribution in [3.8, 4) is 0 Å². The molecule has 62 heavy (non-hydrogen) atoms. The van der Waals surface area contributed by atoms with Crippen LogP contribution in [0.15, 0.2) is 168 Å².